The molecule has 0 atom stereocenters. The van der Waals surface area contributed by atoms with Crippen LogP contribution in [-0.4, -0.2) is 0 Å². The SMILES string of the molecule is Cc1cccc(-c2cccc(Cl)c2)c1N. The highest BCUT2D eigenvalue weighted by Gasteiger charge is 2.04. The molecular formula is C13H12ClN. The molecule has 0 bridgehead atoms. The van der Waals surface area contributed by atoms with Gasteiger partial charge in [0.25, 0.3) is 0 Å². The summed E-state index contributed by atoms with van der Waals surface area (Å²) in [5.74, 6) is 0. The minimum absolute atomic E-state index is 0.730. The van der Waals surface area contributed by atoms with Crippen molar-refractivity contribution in [2.75, 3.05) is 5.73 Å². The molecule has 1 nitrogen and oxygen atoms in total. The number of benzene rings is 2. The van der Waals surface area contributed by atoms with Gasteiger partial charge >= 0.3 is 0 Å². The molecule has 0 saturated carbocycles. The molecule has 0 aliphatic rings. The van der Waals surface area contributed by atoms with Crippen molar-refractivity contribution in [3.05, 3.63) is 53.1 Å². The molecule has 0 radical (unpaired) electrons. The van der Waals surface area contributed by atoms with Gasteiger partial charge in [-0.1, -0.05) is 41.9 Å². The van der Waals surface area contributed by atoms with E-state index in [9.17, 15) is 0 Å². The molecule has 0 aliphatic heterocycles. The number of aryl methyl sites for hydroxylation is 1. The van der Waals surface area contributed by atoms with Crippen LogP contribution in [0, 0.1) is 6.92 Å². The predicted octanol–water partition coefficient (Wildman–Crippen LogP) is 3.90. The quantitative estimate of drug-likeness (QED) is 0.721. The largest absolute Gasteiger partial charge is 0.398 e. The Morgan fingerprint density at radius 2 is 1.80 bits per heavy atom. The van der Waals surface area contributed by atoms with E-state index in [1.54, 1.807) is 0 Å². The number of hydrogen-bond acceptors (Lipinski definition) is 1. The normalized spacial score (nSPS) is 10.3. The standard InChI is InChI=1S/C13H12ClN/c1-9-4-2-7-12(13(9)15)10-5-3-6-11(14)8-10/h2-8H,15H2,1H3. The molecule has 2 heteroatoms. The molecule has 0 spiro atoms. The summed E-state index contributed by atoms with van der Waals surface area (Å²) in [5, 5.41) is 0.730. The molecule has 2 N–H and O–H groups in total. The van der Waals surface area contributed by atoms with Gasteiger partial charge in [-0.15, -0.1) is 0 Å². The van der Waals surface area contributed by atoms with Crippen molar-refractivity contribution in [1.29, 1.82) is 0 Å². The summed E-state index contributed by atoms with van der Waals surface area (Å²) < 4.78 is 0. The summed E-state index contributed by atoms with van der Waals surface area (Å²) in [7, 11) is 0. The third-order valence-electron chi connectivity index (χ3n) is 2.46. The number of halogens is 1. The third-order valence-corrected chi connectivity index (χ3v) is 2.69. The van der Waals surface area contributed by atoms with Crippen LogP contribution in [0.15, 0.2) is 42.5 Å². The Kier molecular flexibility index (Phi) is 2.65. The predicted molar refractivity (Wildman–Crippen MR) is 66.0 cm³/mol. The smallest absolute Gasteiger partial charge is 0.0423 e. The van der Waals surface area contributed by atoms with E-state index < -0.39 is 0 Å². The zero-order valence-corrected chi connectivity index (χ0v) is 9.25. The molecular weight excluding hydrogens is 206 g/mol. The zero-order chi connectivity index (χ0) is 10.8. The van der Waals surface area contributed by atoms with Crippen molar-refractivity contribution >= 4 is 17.3 Å². The van der Waals surface area contributed by atoms with Gasteiger partial charge in [0.05, 0.1) is 0 Å². The maximum absolute atomic E-state index is 6.02. The van der Waals surface area contributed by atoms with Crippen molar-refractivity contribution in [2.24, 2.45) is 0 Å². The summed E-state index contributed by atoms with van der Waals surface area (Å²) in [4.78, 5) is 0. The van der Waals surface area contributed by atoms with Crippen LogP contribution in [0.25, 0.3) is 11.1 Å². The second-order valence-electron chi connectivity index (χ2n) is 3.55. The topological polar surface area (TPSA) is 26.0 Å². The van der Waals surface area contributed by atoms with E-state index in [1.165, 1.54) is 0 Å². The van der Waals surface area contributed by atoms with E-state index in [4.69, 9.17) is 17.3 Å². The van der Waals surface area contributed by atoms with Crippen LogP contribution in [0.4, 0.5) is 5.69 Å². The Morgan fingerprint density at radius 3 is 2.53 bits per heavy atom. The van der Waals surface area contributed by atoms with Gasteiger partial charge in [-0.2, -0.15) is 0 Å². The highest BCUT2D eigenvalue weighted by Crippen LogP contribution is 2.29. The molecule has 2 aromatic rings. The number of nitrogens with two attached hydrogens (primary N) is 1. The number of anilines is 1. The Bertz CT molecular complexity index is 492. The highest BCUT2D eigenvalue weighted by molar-refractivity contribution is 6.30. The zero-order valence-electron chi connectivity index (χ0n) is 8.50. The summed E-state index contributed by atoms with van der Waals surface area (Å²) in [6.07, 6.45) is 0. The fourth-order valence-electron chi connectivity index (χ4n) is 1.59. The van der Waals surface area contributed by atoms with Gasteiger partial charge in [0.15, 0.2) is 0 Å². The summed E-state index contributed by atoms with van der Waals surface area (Å²) in [6, 6.07) is 13.7. The molecule has 0 aromatic heterocycles. The Morgan fingerprint density at radius 1 is 1.07 bits per heavy atom. The molecule has 0 fully saturated rings. The van der Waals surface area contributed by atoms with Crippen LogP contribution >= 0.6 is 11.6 Å². The number of rotatable bonds is 1. The molecule has 76 valence electrons. The van der Waals surface area contributed by atoms with Crippen molar-refractivity contribution in [2.45, 2.75) is 6.92 Å². The van der Waals surface area contributed by atoms with Crippen LogP contribution in [0.1, 0.15) is 5.56 Å². The lowest BCUT2D eigenvalue weighted by Gasteiger charge is -2.08. The Labute approximate surface area is 94.5 Å². The number of hydrogen-bond donors (Lipinski definition) is 1. The minimum Gasteiger partial charge on any atom is -0.398 e. The molecule has 0 amide bonds. The van der Waals surface area contributed by atoms with E-state index in [2.05, 4.69) is 0 Å². The lowest BCUT2D eigenvalue weighted by atomic mass is 10.0. The first kappa shape index (κ1) is 10.1. The average molecular weight is 218 g/mol. The first-order chi connectivity index (χ1) is 7.18. The van der Waals surface area contributed by atoms with Gasteiger partial charge in [0, 0.05) is 16.3 Å². The number of nitrogen functional groups attached to an aromatic ring is 1. The summed E-state index contributed by atoms with van der Waals surface area (Å²) in [5.41, 5.74) is 10.0. The summed E-state index contributed by atoms with van der Waals surface area (Å²) >= 11 is 5.95. The van der Waals surface area contributed by atoms with E-state index in [1.807, 2.05) is 49.4 Å². The van der Waals surface area contributed by atoms with Gasteiger partial charge in [0.1, 0.15) is 0 Å². The molecule has 0 aliphatic carbocycles. The molecule has 15 heavy (non-hydrogen) atoms. The summed E-state index contributed by atoms with van der Waals surface area (Å²) in [6.45, 7) is 2.00. The van der Waals surface area contributed by atoms with E-state index in [0.717, 1.165) is 27.4 Å². The molecule has 0 saturated heterocycles. The highest BCUT2D eigenvalue weighted by atomic mass is 35.5. The Hall–Kier alpha value is -1.47. The van der Waals surface area contributed by atoms with Crippen LogP contribution in [0.2, 0.25) is 5.02 Å². The molecule has 0 heterocycles. The van der Waals surface area contributed by atoms with Gasteiger partial charge < -0.3 is 5.73 Å². The number of para-hydroxylation sites is 1. The first-order valence-electron chi connectivity index (χ1n) is 4.79. The fourth-order valence-corrected chi connectivity index (χ4v) is 1.78. The van der Waals surface area contributed by atoms with Gasteiger partial charge in [-0.25, -0.2) is 0 Å². The van der Waals surface area contributed by atoms with Crippen LogP contribution in [0.3, 0.4) is 0 Å². The monoisotopic (exact) mass is 217 g/mol. The average Bonchev–Trinajstić information content (AvgIpc) is 2.22. The third kappa shape index (κ3) is 1.97. The van der Waals surface area contributed by atoms with E-state index in [-0.39, 0.29) is 0 Å². The van der Waals surface area contributed by atoms with Gasteiger partial charge in [-0.05, 0) is 30.2 Å². The lowest BCUT2D eigenvalue weighted by molar-refractivity contribution is 1.46. The van der Waals surface area contributed by atoms with Crippen LogP contribution < -0.4 is 5.73 Å². The molecule has 0 unspecified atom stereocenters. The second-order valence-corrected chi connectivity index (χ2v) is 3.98. The van der Waals surface area contributed by atoms with Gasteiger partial charge in [0.2, 0.25) is 0 Å². The molecule has 2 aromatic carbocycles. The maximum atomic E-state index is 6.02. The minimum atomic E-state index is 0.730. The van der Waals surface area contributed by atoms with Crippen molar-refractivity contribution in [3.63, 3.8) is 0 Å². The van der Waals surface area contributed by atoms with Crippen molar-refractivity contribution < 1.29 is 0 Å². The van der Waals surface area contributed by atoms with Crippen LogP contribution in [0.5, 0.6) is 0 Å². The van der Waals surface area contributed by atoms with E-state index in [0.29, 0.717) is 0 Å². The fraction of sp³-hybridized carbons (Fsp3) is 0.0769. The second kappa shape index (κ2) is 3.95. The van der Waals surface area contributed by atoms with Crippen molar-refractivity contribution in [1.82, 2.24) is 0 Å². The maximum Gasteiger partial charge on any atom is 0.0423 e. The Balaban J connectivity index is 2.59. The first-order valence-corrected chi connectivity index (χ1v) is 5.17. The molecule has 2 rings (SSSR count). The van der Waals surface area contributed by atoms with Crippen LogP contribution in [-0.2, 0) is 0 Å². The van der Waals surface area contributed by atoms with Gasteiger partial charge in [-0.3, -0.25) is 0 Å². The lowest BCUT2D eigenvalue weighted by Crippen LogP contribution is -1.92. The van der Waals surface area contributed by atoms with Crippen molar-refractivity contribution in [3.8, 4) is 11.1 Å². The van der Waals surface area contributed by atoms with E-state index >= 15 is 0 Å².